The van der Waals surface area contributed by atoms with Crippen LogP contribution in [-0.2, 0) is 19.6 Å². The van der Waals surface area contributed by atoms with Gasteiger partial charge in [-0.05, 0) is 55.3 Å². The van der Waals surface area contributed by atoms with Gasteiger partial charge in [0.05, 0.1) is 28.6 Å². The normalized spacial score (nSPS) is 14.1. The number of aromatic nitrogens is 4. The van der Waals surface area contributed by atoms with E-state index in [-0.39, 0.29) is 22.6 Å². The smallest absolute Gasteiger partial charge is 0.304 e. The van der Waals surface area contributed by atoms with Gasteiger partial charge in [0.1, 0.15) is 17.2 Å². The van der Waals surface area contributed by atoms with E-state index in [0.29, 0.717) is 35.5 Å². The number of alkyl halides is 3. The van der Waals surface area contributed by atoms with E-state index in [9.17, 15) is 18.0 Å². The van der Waals surface area contributed by atoms with Gasteiger partial charge in [0.15, 0.2) is 0 Å². The Bertz CT molecular complexity index is 1430. The van der Waals surface area contributed by atoms with Crippen molar-refractivity contribution in [3.05, 3.63) is 70.9 Å². The minimum absolute atomic E-state index is 0.0919. The van der Waals surface area contributed by atoms with Crippen molar-refractivity contribution in [1.82, 2.24) is 19.7 Å². The molecule has 1 aliphatic rings. The highest BCUT2D eigenvalue weighted by Gasteiger charge is 2.33. The monoisotopic (exact) mass is 455 g/mol. The number of nitrogens with zero attached hydrogens (tertiary/aromatic N) is 5. The number of carbonyl (C=O) groups is 1. The molecule has 33 heavy (non-hydrogen) atoms. The molecule has 0 atom stereocenters. The maximum atomic E-state index is 15.2. The molecule has 0 saturated heterocycles. The van der Waals surface area contributed by atoms with Gasteiger partial charge in [-0.2, -0.15) is 18.3 Å². The number of hydrogen-bond acceptors (Lipinski definition) is 4. The van der Waals surface area contributed by atoms with Gasteiger partial charge >= 0.3 is 6.18 Å². The quantitative estimate of drug-likeness (QED) is 0.411. The first-order valence-corrected chi connectivity index (χ1v) is 10.1. The zero-order valence-corrected chi connectivity index (χ0v) is 17.6. The van der Waals surface area contributed by atoms with Gasteiger partial charge < -0.3 is 4.90 Å². The van der Waals surface area contributed by atoms with Gasteiger partial charge in [-0.1, -0.05) is 0 Å². The van der Waals surface area contributed by atoms with Gasteiger partial charge in [-0.3, -0.25) is 9.48 Å². The van der Waals surface area contributed by atoms with Gasteiger partial charge in [0, 0.05) is 24.7 Å². The van der Waals surface area contributed by atoms with Crippen molar-refractivity contribution in [2.45, 2.75) is 19.5 Å². The number of halogens is 4. The Morgan fingerprint density at radius 3 is 2.52 bits per heavy atom. The Morgan fingerprint density at radius 1 is 1.03 bits per heavy atom. The van der Waals surface area contributed by atoms with Crippen molar-refractivity contribution < 1.29 is 22.4 Å². The molecule has 0 bridgehead atoms. The lowest BCUT2D eigenvalue weighted by molar-refractivity contribution is -0.140. The van der Waals surface area contributed by atoms with Crippen LogP contribution in [-0.4, -0.2) is 32.2 Å². The molecule has 0 radical (unpaired) electrons. The van der Waals surface area contributed by atoms with Crippen molar-refractivity contribution >= 4 is 22.6 Å². The zero-order valence-electron chi connectivity index (χ0n) is 17.6. The second kappa shape index (κ2) is 7.36. The lowest BCUT2D eigenvalue weighted by atomic mass is 10.0. The van der Waals surface area contributed by atoms with Crippen molar-refractivity contribution in [3.8, 4) is 11.3 Å². The highest BCUT2D eigenvalue weighted by atomic mass is 19.4. The number of fused-ring (bicyclic) bond motifs is 2. The molecule has 168 valence electrons. The maximum absolute atomic E-state index is 15.2. The Kier molecular flexibility index (Phi) is 4.70. The Labute approximate surface area is 185 Å². The molecule has 0 unspecified atom stereocenters. The largest absolute Gasteiger partial charge is 0.433 e. The summed E-state index contributed by atoms with van der Waals surface area (Å²) in [5.41, 5.74) is 2.31. The van der Waals surface area contributed by atoms with Crippen LogP contribution in [0, 0.1) is 12.7 Å². The molecule has 0 aliphatic carbocycles. The molecule has 0 saturated carbocycles. The molecule has 0 spiro atoms. The second-order valence-corrected chi connectivity index (χ2v) is 7.90. The highest BCUT2D eigenvalue weighted by molar-refractivity contribution is 6.07. The highest BCUT2D eigenvalue weighted by Crippen LogP contribution is 2.33. The maximum Gasteiger partial charge on any atom is 0.433 e. The molecule has 1 amide bonds. The van der Waals surface area contributed by atoms with Crippen molar-refractivity contribution in [2.24, 2.45) is 7.05 Å². The summed E-state index contributed by atoms with van der Waals surface area (Å²) in [4.78, 5) is 22.3. The summed E-state index contributed by atoms with van der Waals surface area (Å²) in [6, 6.07) is 7.92. The van der Waals surface area contributed by atoms with Gasteiger partial charge in [-0.15, -0.1) is 0 Å². The zero-order chi connectivity index (χ0) is 23.5. The summed E-state index contributed by atoms with van der Waals surface area (Å²) < 4.78 is 55.4. The molecular formula is C23H17F4N5O. The predicted molar refractivity (Wildman–Crippen MR) is 113 cm³/mol. The van der Waals surface area contributed by atoms with Crippen LogP contribution >= 0.6 is 0 Å². The van der Waals surface area contributed by atoms with Crippen LogP contribution < -0.4 is 4.90 Å². The molecule has 0 fully saturated rings. The van der Waals surface area contributed by atoms with E-state index in [0.717, 1.165) is 11.6 Å². The van der Waals surface area contributed by atoms with Gasteiger partial charge in [0.25, 0.3) is 5.91 Å². The van der Waals surface area contributed by atoms with Gasteiger partial charge in [0.2, 0.25) is 0 Å². The van der Waals surface area contributed by atoms with Gasteiger partial charge in [-0.25, -0.2) is 14.4 Å². The first-order chi connectivity index (χ1) is 15.6. The molecule has 5 rings (SSSR count). The molecular weight excluding hydrogens is 438 g/mol. The summed E-state index contributed by atoms with van der Waals surface area (Å²) in [5.74, 6) is -0.917. The van der Waals surface area contributed by atoms with Crippen LogP contribution in [0.4, 0.5) is 23.2 Å². The summed E-state index contributed by atoms with van der Waals surface area (Å²) in [6.07, 6.45) is -2.34. The molecule has 10 heteroatoms. The number of amides is 1. The fourth-order valence-corrected chi connectivity index (χ4v) is 4.10. The van der Waals surface area contributed by atoms with E-state index >= 15 is 4.39 Å². The van der Waals surface area contributed by atoms with E-state index in [2.05, 4.69) is 15.1 Å². The number of benzene rings is 1. The van der Waals surface area contributed by atoms with E-state index in [1.807, 2.05) is 0 Å². The van der Waals surface area contributed by atoms with Crippen LogP contribution in [0.3, 0.4) is 0 Å². The first-order valence-electron chi connectivity index (χ1n) is 10.1. The van der Waals surface area contributed by atoms with E-state index < -0.39 is 17.7 Å². The van der Waals surface area contributed by atoms with E-state index in [1.54, 1.807) is 26.2 Å². The number of aryl methyl sites for hydroxylation is 2. The summed E-state index contributed by atoms with van der Waals surface area (Å²) >= 11 is 0. The van der Waals surface area contributed by atoms with Crippen molar-refractivity contribution in [1.29, 1.82) is 0 Å². The first kappa shape index (κ1) is 21.0. The Balaban J connectivity index is 1.52. The SMILES string of the molecule is Cc1cc(N2CCc3cnn(C)c3C2=O)c(F)cc1-c1ccc2nc(C(F)(F)F)ccc2n1. The molecule has 4 aromatic rings. The second-order valence-electron chi connectivity index (χ2n) is 7.90. The third-order valence-corrected chi connectivity index (χ3v) is 5.76. The number of hydrogen-bond donors (Lipinski definition) is 0. The minimum Gasteiger partial charge on any atom is -0.304 e. The molecule has 1 aromatic carbocycles. The van der Waals surface area contributed by atoms with Crippen LogP contribution in [0.15, 0.2) is 42.6 Å². The average Bonchev–Trinajstić information content (AvgIpc) is 3.16. The Morgan fingerprint density at radius 2 is 1.76 bits per heavy atom. The average molecular weight is 455 g/mol. The lowest BCUT2D eigenvalue weighted by Gasteiger charge is -2.28. The van der Waals surface area contributed by atoms with Crippen molar-refractivity contribution in [2.75, 3.05) is 11.4 Å². The fraction of sp³-hybridized carbons (Fsp3) is 0.217. The molecule has 3 aromatic heterocycles. The van der Waals surface area contributed by atoms with E-state index in [1.165, 1.54) is 33.8 Å². The number of carbonyl (C=O) groups excluding carboxylic acids is 1. The standard InChI is InChI=1S/C23H17F4N5O/c1-12-9-19(32-8-7-13-11-28-31(2)21(13)22(32)33)15(24)10-14(12)16-3-4-18-17(29-16)5-6-20(30-18)23(25,26)27/h3-6,9-11H,7-8H2,1-2H3. The number of anilines is 1. The number of pyridine rings is 2. The molecule has 0 N–H and O–H groups in total. The minimum atomic E-state index is -4.55. The lowest BCUT2D eigenvalue weighted by Crippen LogP contribution is -2.39. The third kappa shape index (κ3) is 3.51. The molecule has 6 nitrogen and oxygen atoms in total. The van der Waals surface area contributed by atoms with Crippen LogP contribution in [0.5, 0.6) is 0 Å². The molecule has 1 aliphatic heterocycles. The van der Waals surface area contributed by atoms with E-state index in [4.69, 9.17) is 0 Å². The summed E-state index contributed by atoms with van der Waals surface area (Å²) in [5, 5.41) is 4.11. The molecule has 4 heterocycles. The van der Waals surface area contributed by atoms with Crippen LogP contribution in [0.2, 0.25) is 0 Å². The van der Waals surface area contributed by atoms with Crippen molar-refractivity contribution in [3.63, 3.8) is 0 Å². The van der Waals surface area contributed by atoms with Crippen LogP contribution in [0.25, 0.3) is 22.3 Å². The summed E-state index contributed by atoms with van der Waals surface area (Å²) in [7, 11) is 1.67. The van der Waals surface area contributed by atoms with Crippen LogP contribution in [0.1, 0.15) is 27.3 Å². The summed E-state index contributed by atoms with van der Waals surface area (Å²) in [6.45, 7) is 2.09. The fourth-order valence-electron chi connectivity index (χ4n) is 4.10. The Hall–Kier alpha value is -3.82. The third-order valence-electron chi connectivity index (χ3n) is 5.76. The number of rotatable bonds is 2. The predicted octanol–water partition coefficient (Wildman–Crippen LogP) is 4.70. The topological polar surface area (TPSA) is 63.9 Å².